The molecule has 1 spiro atoms. The number of hydrogen-bond donors (Lipinski definition) is 2. The van der Waals surface area contributed by atoms with E-state index in [2.05, 4.69) is 10.2 Å². The standard InChI is InChI=1S/C42H50FN3O5/c1-28-36(39(40(47)48)51-41(2,3)4)38(46-24-22-42(23-25-46)20-6-21-42)37(35(45-28)27-44-32-13-17-33(49-5)18-14-32)30-9-15-34(16-10-30)50-26-19-29-7-11-31(43)12-8-29/h7-18,39,44H,6,19-27H2,1-5H3,(H,47,48)/t39-/m0/s1. The van der Waals surface area contributed by atoms with Crippen molar-refractivity contribution in [3.8, 4) is 22.6 Å². The molecule has 1 aromatic heterocycles. The van der Waals surface area contributed by atoms with Gasteiger partial charge in [-0.25, -0.2) is 9.18 Å². The minimum atomic E-state index is -1.21. The van der Waals surface area contributed by atoms with Gasteiger partial charge in [0.25, 0.3) is 0 Å². The van der Waals surface area contributed by atoms with E-state index < -0.39 is 17.7 Å². The van der Waals surface area contributed by atoms with Crippen molar-refractivity contribution >= 4 is 17.3 Å². The zero-order valence-corrected chi connectivity index (χ0v) is 30.4. The van der Waals surface area contributed by atoms with Crippen LogP contribution in [0.25, 0.3) is 11.1 Å². The van der Waals surface area contributed by atoms with Crippen LogP contribution in [0.4, 0.5) is 15.8 Å². The van der Waals surface area contributed by atoms with Crippen LogP contribution in [0.15, 0.2) is 72.8 Å². The number of rotatable bonds is 13. The summed E-state index contributed by atoms with van der Waals surface area (Å²) in [4.78, 5) is 20.6. The predicted molar refractivity (Wildman–Crippen MR) is 199 cm³/mol. The minimum Gasteiger partial charge on any atom is -0.497 e. The maximum atomic E-state index is 13.4. The second kappa shape index (κ2) is 15.3. The van der Waals surface area contributed by atoms with Gasteiger partial charge in [0, 0.05) is 42.0 Å². The third-order valence-corrected chi connectivity index (χ3v) is 10.3. The number of carboxylic acid groups (broad SMARTS) is 1. The number of ether oxygens (including phenoxy) is 3. The van der Waals surface area contributed by atoms with Crippen molar-refractivity contribution < 1.29 is 28.5 Å². The lowest BCUT2D eigenvalue weighted by Crippen LogP contribution is -2.44. The highest BCUT2D eigenvalue weighted by Crippen LogP contribution is 2.51. The van der Waals surface area contributed by atoms with E-state index in [-0.39, 0.29) is 5.82 Å². The number of pyridine rings is 1. The van der Waals surface area contributed by atoms with E-state index in [0.29, 0.717) is 42.0 Å². The molecule has 51 heavy (non-hydrogen) atoms. The quantitative estimate of drug-likeness (QED) is 0.143. The fraction of sp³-hybridized carbons (Fsp3) is 0.429. The molecule has 1 saturated heterocycles. The van der Waals surface area contributed by atoms with Gasteiger partial charge in [-0.2, -0.15) is 0 Å². The number of carboxylic acids is 1. The van der Waals surface area contributed by atoms with Gasteiger partial charge in [-0.15, -0.1) is 0 Å². The summed E-state index contributed by atoms with van der Waals surface area (Å²) in [6, 6.07) is 22.2. The topological polar surface area (TPSA) is 93.1 Å². The van der Waals surface area contributed by atoms with E-state index in [4.69, 9.17) is 19.2 Å². The van der Waals surface area contributed by atoms with Crippen molar-refractivity contribution in [1.29, 1.82) is 0 Å². The van der Waals surface area contributed by atoms with Gasteiger partial charge in [-0.1, -0.05) is 30.7 Å². The van der Waals surface area contributed by atoms with Crippen LogP contribution in [0.2, 0.25) is 0 Å². The number of hydrogen-bond acceptors (Lipinski definition) is 7. The number of aromatic nitrogens is 1. The summed E-state index contributed by atoms with van der Waals surface area (Å²) in [6.07, 6.45) is 5.41. The number of nitrogens with one attached hydrogen (secondary N) is 1. The van der Waals surface area contributed by atoms with Crippen LogP contribution < -0.4 is 19.7 Å². The SMILES string of the molecule is COc1ccc(NCc2nc(C)c([C@H](OC(C)(C)C)C(=O)O)c(N3CCC4(CCC4)CC3)c2-c2ccc(OCCc3ccc(F)cc3)cc2)cc1. The van der Waals surface area contributed by atoms with Crippen LogP contribution in [0.1, 0.15) is 81.5 Å². The smallest absolute Gasteiger partial charge is 0.337 e. The van der Waals surface area contributed by atoms with Crippen LogP contribution in [-0.2, 0) is 22.5 Å². The molecule has 1 aliphatic heterocycles. The molecule has 270 valence electrons. The number of aliphatic carboxylic acids is 1. The molecule has 9 heteroatoms. The lowest BCUT2D eigenvalue weighted by Gasteiger charge is -2.49. The summed E-state index contributed by atoms with van der Waals surface area (Å²) >= 11 is 0. The Hall–Kier alpha value is -4.63. The first-order chi connectivity index (χ1) is 24.4. The summed E-state index contributed by atoms with van der Waals surface area (Å²) in [5.74, 6) is 0.192. The summed E-state index contributed by atoms with van der Waals surface area (Å²) in [5, 5.41) is 14.2. The molecule has 0 unspecified atom stereocenters. The van der Waals surface area contributed by atoms with E-state index >= 15 is 0 Å². The van der Waals surface area contributed by atoms with Gasteiger partial charge in [0.1, 0.15) is 17.3 Å². The molecule has 0 amide bonds. The Morgan fingerprint density at radius 2 is 1.61 bits per heavy atom. The van der Waals surface area contributed by atoms with Gasteiger partial charge in [-0.05, 0) is 118 Å². The number of piperidine rings is 1. The lowest BCUT2D eigenvalue weighted by molar-refractivity contribution is -0.160. The highest BCUT2D eigenvalue weighted by atomic mass is 19.1. The van der Waals surface area contributed by atoms with Gasteiger partial charge in [0.05, 0.1) is 37.2 Å². The molecule has 4 aromatic rings. The minimum absolute atomic E-state index is 0.256. The van der Waals surface area contributed by atoms with Crippen molar-refractivity contribution in [3.05, 3.63) is 101 Å². The Kier molecular flexibility index (Phi) is 10.9. The van der Waals surface area contributed by atoms with Crippen LogP contribution >= 0.6 is 0 Å². The molecule has 2 heterocycles. The number of carbonyl (C=O) groups is 1. The Morgan fingerprint density at radius 1 is 0.961 bits per heavy atom. The Bertz CT molecular complexity index is 1790. The number of methoxy groups -OCH3 is 1. The molecular weight excluding hydrogens is 645 g/mol. The molecular formula is C42H50FN3O5. The maximum Gasteiger partial charge on any atom is 0.337 e. The molecule has 3 aromatic carbocycles. The van der Waals surface area contributed by atoms with E-state index in [0.717, 1.165) is 65.4 Å². The van der Waals surface area contributed by atoms with Crippen molar-refractivity contribution in [1.82, 2.24) is 4.98 Å². The molecule has 0 bridgehead atoms. The van der Waals surface area contributed by atoms with Gasteiger partial charge in [-0.3, -0.25) is 4.98 Å². The van der Waals surface area contributed by atoms with Gasteiger partial charge in [0.15, 0.2) is 6.10 Å². The molecule has 2 aliphatic rings. The van der Waals surface area contributed by atoms with Crippen LogP contribution in [0.5, 0.6) is 11.5 Å². The van der Waals surface area contributed by atoms with Crippen LogP contribution in [-0.4, -0.2) is 48.5 Å². The first kappa shape index (κ1) is 36.2. The predicted octanol–water partition coefficient (Wildman–Crippen LogP) is 9.15. The third-order valence-electron chi connectivity index (χ3n) is 10.3. The number of nitrogens with zero attached hydrogens (tertiary/aromatic N) is 2. The largest absolute Gasteiger partial charge is 0.497 e. The van der Waals surface area contributed by atoms with E-state index in [1.165, 1.54) is 31.4 Å². The third kappa shape index (κ3) is 8.64. The number of halogens is 1. The van der Waals surface area contributed by atoms with Crippen molar-refractivity contribution in [2.45, 2.75) is 84.5 Å². The fourth-order valence-electron chi connectivity index (χ4n) is 7.35. The summed E-state index contributed by atoms with van der Waals surface area (Å²) in [6.45, 7) is 10.1. The Morgan fingerprint density at radius 3 is 2.18 bits per heavy atom. The van der Waals surface area contributed by atoms with Crippen molar-refractivity contribution in [2.24, 2.45) is 5.41 Å². The second-order valence-electron chi connectivity index (χ2n) is 14.9. The highest BCUT2D eigenvalue weighted by Gasteiger charge is 2.42. The number of benzene rings is 3. The summed E-state index contributed by atoms with van der Waals surface area (Å²) in [5.41, 5.74) is 6.36. The van der Waals surface area contributed by atoms with Gasteiger partial charge >= 0.3 is 5.97 Å². The molecule has 0 radical (unpaired) electrons. The fourth-order valence-corrected chi connectivity index (χ4v) is 7.35. The molecule has 1 saturated carbocycles. The van der Waals surface area contributed by atoms with E-state index in [1.54, 1.807) is 19.2 Å². The highest BCUT2D eigenvalue weighted by molar-refractivity contribution is 5.88. The maximum absolute atomic E-state index is 13.4. The number of aryl methyl sites for hydroxylation is 1. The zero-order valence-electron chi connectivity index (χ0n) is 30.4. The van der Waals surface area contributed by atoms with E-state index in [9.17, 15) is 14.3 Å². The first-order valence-electron chi connectivity index (χ1n) is 18.0. The van der Waals surface area contributed by atoms with E-state index in [1.807, 2.05) is 76.2 Å². The van der Waals surface area contributed by atoms with Gasteiger partial charge in [0.2, 0.25) is 0 Å². The van der Waals surface area contributed by atoms with Crippen LogP contribution in [0, 0.1) is 18.2 Å². The van der Waals surface area contributed by atoms with Gasteiger partial charge < -0.3 is 29.5 Å². The Balaban J connectivity index is 1.41. The molecule has 2 N–H and O–H groups in total. The molecule has 6 rings (SSSR count). The van der Waals surface area contributed by atoms with Crippen molar-refractivity contribution in [3.63, 3.8) is 0 Å². The number of anilines is 2. The molecule has 1 atom stereocenters. The second-order valence-corrected chi connectivity index (χ2v) is 14.9. The zero-order chi connectivity index (χ0) is 36.2. The molecule has 8 nitrogen and oxygen atoms in total. The average Bonchev–Trinajstić information content (AvgIpc) is 3.10. The molecule has 1 aliphatic carbocycles. The normalized spacial score (nSPS) is 16.0. The molecule has 2 fully saturated rings. The van der Waals surface area contributed by atoms with Crippen LogP contribution in [0.3, 0.4) is 0 Å². The Labute approximate surface area is 301 Å². The lowest BCUT2D eigenvalue weighted by atomic mass is 9.63. The summed E-state index contributed by atoms with van der Waals surface area (Å²) < 4.78 is 31.1. The monoisotopic (exact) mass is 695 g/mol. The summed E-state index contributed by atoms with van der Waals surface area (Å²) in [7, 11) is 1.65. The van der Waals surface area contributed by atoms with Crippen molar-refractivity contribution in [2.75, 3.05) is 37.0 Å². The first-order valence-corrected chi connectivity index (χ1v) is 18.0. The average molecular weight is 696 g/mol.